The van der Waals surface area contributed by atoms with Crippen molar-refractivity contribution >= 4 is 11.7 Å². The van der Waals surface area contributed by atoms with E-state index in [0.29, 0.717) is 0 Å². The summed E-state index contributed by atoms with van der Waals surface area (Å²) in [4.78, 5) is 25.4. The Balaban J connectivity index is 5.39. The first-order valence-corrected chi connectivity index (χ1v) is 7.00. The highest BCUT2D eigenvalue weighted by Crippen LogP contribution is 2.39. The van der Waals surface area contributed by atoms with Crippen molar-refractivity contribution in [2.75, 3.05) is 14.1 Å². The monoisotopic (exact) mass is 309 g/mol. The molecule has 0 N–H and O–H groups in total. The number of nitrogens with zero attached hydrogens (tertiary/aromatic N) is 1. The average Bonchev–Trinajstić information content (AvgIpc) is 2.30. The Hall–Kier alpha value is -1.07. The number of amides is 1. The Morgan fingerprint density at radius 3 is 1.76 bits per heavy atom. The predicted octanol–water partition coefficient (Wildman–Crippen LogP) is 3.53. The Morgan fingerprint density at radius 2 is 1.48 bits per heavy atom. The molecule has 0 aliphatic heterocycles. The Morgan fingerprint density at radius 1 is 1.05 bits per heavy atom. The van der Waals surface area contributed by atoms with Gasteiger partial charge in [0.1, 0.15) is 5.78 Å². The number of hydrogen-bond acceptors (Lipinski definition) is 2. The molecule has 6 heteroatoms. The maximum absolute atomic E-state index is 13.0. The summed E-state index contributed by atoms with van der Waals surface area (Å²) in [6, 6.07) is 0. The lowest BCUT2D eigenvalue weighted by molar-refractivity contribution is -0.190. The van der Waals surface area contributed by atoms with Crippen LogP contribution in [0.2, 0.25) is 0 Å². The topological polar surface area (TPSA) is 37.4 Å². The van der Waals surface area contributed by atoms with Crippen LogP contribution in [0.15, 0.2) is 0 Å². The molecule has 0 bridgehead atoms. The fraction of sp³-hybridized carbons (Fsp3) is 0.867. The van der Waals surface area contributed by atoms with Crippen LogP contribution < -0.4 is 0 Å². The molecule has 0 spiro atoms. The van der Waals surface area contributed by atoms with Gasteiger partial charge >= 0.3 is 6.18 Å². The Labute approximate surface area is 124 Å². The van der Waals surface area contributed by atoms with Gasteiger partial charge in [0.2, 0.25) is 5.91 Å². The van der Waals surface area contributed by atoms with Gasteiger partial charge in [-0.25, -0.2) is 0 Å². The van der Waals surface area contributed by atoms with Crippen molar-refractivity contribution in [2.45, 2.75) is 47.2 Å². The lowest BCUT2D eigenvalue weighted by atomic mass is 9.75. The highest BCUT2D eigenvalue weighted by molar-refractivity contribution is 5.85. The number of rotatable bonds is 5. The van der Waals surface area contributed by atoms with E-state index < -0.39 is 35.3 Å². The van der Waals surface area contributed by atoms with E-state index in [1.165, 1.54) is 25.9 Å². The fourth-order valence-electron chi connectivity index (χ4n) is 2.14. The normalized spacial score (nSPS) is 17.0. The van der Waals surface area contributed by atoms with E-state index in [-0.39, 0.29) is 12.2 Å². The summed E-state index contributed by atoms with van der Waals surface area (Å²) in [5.74, 6) is -4.27. The summed E-state index contributed by atoms with van der Waals surface area (Å²) in [5, 5.41) is 0. The van der Waals surface area contributed by atoms with Crippen molar-refractivity contribution in [3.63, 3.8) is 0 Å². The van der Waals surface area contributed by atoms with Crippen molar-refractivity contribution in [2.24, 2.45) is 23.2 Å². The molecule has 0 heterocycles. The van der Waals surface area contributed by atoms with Crippen molar-refractivity contribution in [3.8, 4) is 0 Å². The van der Waals surface area contributed by atoms with Crippen LogP contribution in [0, 0.1) is 23.2 Å². The molecule has 1 amide bonds. The van der Waals surface area contributed by atoms with E-state index in [2.05, 4.69) is 0 Å². The Kier molecular flexibility index (Phi) is 6.45. The molecular weight excluding hydrogens is 283 g/mol. The van der Waals surface area contributed by atoms with Crippen LogP contribution in [0.1, 0.15) is 41.0 Å². The van der Waals surface area contributed by atoms with Gasteiger partial charge in [-0.2, -0.15) is 13.2 Å². The molecule has 21 heavy (non-hydrogen) atoms. The zero-order valence-electron chi connectivity index (χ0n) is 13.8. The van der Waals surface area contributed by atoms with Gasteiger partial charge in [-0.15, -0.1) is 0 Å². The maximum atomic E-state index is 13.0. The third kappa shape index (κ3) is 5.67. The molecule has 3 atom stereocenters. The third-order valence-electron chi connectivity index (χ3n) is 3.89. The summed E-state index contributed by atoms with van der Waals surface area (Å²) in [6.07, 6.45) is -4.67. The lowest BCUT2D eigenvalue weighted by Crippen LogP contribution is -2.41. The number of carbonyl (C=O) groups excluding carboxylic acids is 2. The van der Waals surface area contributed by atoms with Gasteiger partial charge in [0.05, 0.1) is 5.92 Å². The first-order valence-electron chi connectivity index (χ1n) is 7.00. The zero-order chi connectivity index (χ0) is 17.2. The maximum Gasteiger partial charge on any atom is 0.391 e. The van der Waals surface area contributed by atoms with Gasteiger partial charge < -0.3 is 4.90 Å². The summed E-state index contributed by atoms with van der Waals surface area (Å²) in [5.41, 5.74) is -0.718. The smallest absolute Gasteiger partial charge is 0.349 e. The number of carbonyl (C=O) groups is 2. The number of Topliss-reactive ketones (excluding diaryl/α,β-unsaturated/α-hetero) is 1. The minimum absolute atomic E-state index is 0.245. The Bertz CT molecular complexity index is 383. The number of ketones is 1. The zero-order valence-corrected chi connectivity index (χ0v) is 13.8. The summed E-state index contributed by atoms with van der Waals surface area (Å²) in [6.45, 7) is 7.51. The fourth-order valence-corrected chi connectivity index (χ4v) is 2.14. The molecule has 0 unspecified atom stereocenters. The average molecular weight is 309 g/mol. The molecule has 0 rings (SSSR count). The van der Waals surface area contributed by atoms with Crippen molar-refractivity contribution < 1.29 is 22.8 Å². The summed E-state index contributed by atoms with van der Waals surface area (Å²) in [7, 11) is 3.00. The van der Waals surface area contributed by atoms with Crippen LogP contribution in [0.5, 0.6) is 0 Å². The van der Waals surface area contributed by atoms with Crippen molar-refractivity contribution in [1.29, 1.82) is 0 Å². The van der Waals surface area contributed by atoms with Crippen LogP contribution in [0.3, 0.4) is 0 Å². The van der Waals surface area contributed by atoms with E-state index in [4.69, 9.17) is 0 Å². The molecule has 0 saturated heterocycles. The minimum Gasteiger partial charge on any atom is -0.349 e. The number of halogens is 3. The molecule has 0 aliphatic rings. The molecule has 124 valence electrons. The molecule has 0 saturated carbocycles. The van der Waals surface area contributed by atoms with Gasteiger partial charge in [0.15, 0.2) is 0 Å². The highest BCUT2D eigenvalue weighted by atomic mass is 19.4. The SMILES string of the molecule is C[C@H]([C@@H](CC(=O)C(C)(C)C)[C@@H](C)C(=O)N(C)C)C(F)(F)F. The molecular formula is C15H26F3NO2. The molecule has 0 radical (unpaired) electrons. The van der Waals surface area contributed by atoms with Crippen molar-refractivity contribution in [3.05, 3.63) is 0 Å². The van der Waals surface area contributed by atoms with E-state index in [0.717, 1.165) is 6.92 Å². The molecule has 0 fully saturated rings. The van der Waals surface area contributed by atoms with E-state index >= 15 is 0 Å². The molecule has 3 nitrogen and oxygen atoms in total. The van der Waals surface area contributed by atoms with Gasteiger partial charge in [0, 0.05) is 31.8 Å². The minimum atomic E-state index is -4.43. The lowest BCUT2D eigenvalue weighted by Gasteiger charge is -2.32. The van der Waals surface area contributed by atoms with Gasteiger partial charge in [0.25, 0.3) is 0 Å². The van der Waals surface area contributed by atoms with Crippen LogP contribution in [-0.4, -0.2) is 36.9 Å². The second kappa shape index (κ2) is 6.79. The molecule has 0 aromatic rings. The first kappa shape index (κ1) is 19.9. The van der Waals surface area contributed by atoms with E-state index in [1.807, 2.05) is 0 Å². The second-order valence-corrected chi connectivity index (χ2v) is 6.89. The molecule has 0 aromatic heterocycles. The van der Waals surface area contributed by atoms with Crippen LogP contribution in [0.25, 0.3) is 0 Å². The van der Waals surface area contributed by atoms with Crippen LogP contribution >= 0.6 is 0 Å². The molecule has 0 aliphatic carbocycles. The standard InChI is InChI=1S/C15H26F3NO2/c1-9(13(21)19(6)7)11(10(2)15(16,17)18)8-12(20)14(3,4)5/h9-11H,8H2,1-7H3/t9-,10-,11+/m1/s1. The van der Waals surface area contributed by atoms with E-state index in [1.54, 1.807) is 20.8 Å². The quantitative estimate of drug-likeness (QED) is 0.779. The van der Waals surface area contributed by atoms with Gasteiger partial charge in [-0.1, -0.05) is 34.6 Å². The van der Waals surface area contributed by atoms with Crippen LogP contribution in [0.4, 0.5) is 13.2 Å². The number of alkyl halides is 3. The second-order valence-electron chi connectivity index (χ2n) is 6.89. The largest absolute Gasteiger partial charge is 0.391 e. The van der Waals surface area contributed by atoms with Gasteiger partial charge in [-0.3, -0.25) is 9.59 Å². The van der Waals surface area contributed by atoms with E-state index in [9.17, 15) is 22.8 Å². The first-order chi connectivity index (χ1) is 9.19. The summed E-state index contributed by atoms with van der Waals surface area (Å²) < 4.78 is 39.1. The van der Waals surface area contributed by atoms with Crippen molar-refractivity contribution in [1.82, 2.24) is 4.90 Å². The van der Waals surface area contributed by atoms with Crippen LogP contribution in [-0.2, 0) is 9.59 Å². The van der Waals surface area contributed by atoms with Gasteiger partial charge in [-0.05, 0) is 5.92 Å². The third-order valence-corrected chi connectivity index (χ3v) is 3.89. The molecule has 0 aromatic carbocycles. The predicted molar refractivity (Wildman–Crippen MR) is 75.6 cm³/mol. The highest BCUT2D eigenvalue weighted by Gasteiger charge is 2.46. The summed E-state index contributed by atoms with van der Waals surface area (Å²) >= 11 is 0. The number of hydrogen-bond donors (Lipinski definition) is 0.